The van der Waals surface area contributed by atoms with Crippen molar-refractivity contribution in [3.05, 3.63) is 48.6 Å². The monoisotopic (exact) mass is 218 g/mol. The first-order chi connectivity index (χ1) is 7.91. The molecule has 0 aliphatic heterocycles. The fourth-order valence-electron chi connectivity index (χ4n) is 1.12. The molecule has 1 heteroatoms. The highest BCUT2D eigenvalue weighted by Crippen LogP contribution is 1.94. The lowest BCUT2D eigenvalue weighted by Crippen LogP contribution is -1.68. The molecule has 0 saturated carbocycles. The number of allylic oxidation sites excluding steroid dienone is 8. The Morgan fingerprint density at radius 1 is 0.688 bits per heavy atom. The molecule has 0 atom stereocenters. The molecule has 0 aliphatic rings. The van der Waals surface area contributed by atoms with Crippen molar-refractivity contribution in [3.8, 4) is 0 Å². The molecule has 0 amide bonds. The summed E-state index contributed by atoms with van der Waals surface area (Å²) in [6.07, 6.45) is 22.3. The van der Waals surface area contributed by atoms with E-state index in [4.69, 9.17) is 0 Å². The van der Waals surface area contributed by atoms with Gasteiger partial charge in [-0.25, -0.2) is 0 Å². The predicted octanol–water partition coefficient (Wildman–Crippen LogP) is 4.38. The smallest absolute Gasteiger partial charge is 0.120 e. The van der Waals surface area contributed by atoms with E-state index in [1.807, 2.05) is 24.3 Å². The van der Waals surface area contributed by atoms with E-state index in [1.165, 1.54) is 0 Å². The van der Waals surface area contributed by atoms with Crippen molar-refractivity contribution in [2.75, 3.05) is 0 Å². The first kappa shape index (κ1) is 14.6. The number of unbranched alkanes of at least 4 members (excludes halogenated alkanes) is 2. The molecule has 0 rings (SSSR count). The Morgan fingerprint density at radius 3 is 1.81 bits per heavy atom. The topological polar surface area (TPSA) is 17.1 Å². The molecule has 0 unspecified atom stereocenters. The fourth-order valence-corrected chi connectivity index (χ4v) is 1.12. The number of carbonyl (C=O) groups excluding carboxylic acids is 1. The second kappa shape index (κ2) is 13.6. The van der Waals surface area contributed by atoms with Gasteiger partial charge < -0.3 is 4.79 Å². The van der Waals surface area contributed by atoms with Crippen LogP contribution in [0, 0.1) is 0 Å². The van der Waals surface area contributed by atoms with Crippen LogP contribution >= 0.6 is 0 Å². The minimum absolute atomic E-state index is 0.615. The zero-order chi connectivity index (χ0) is 11.9. The number of hydrogen-bond acceptors (Lipinski definition) is 1. The van der Waals surface area contributed by atoms with Crippen molar-refractivity contribution in [2.45, 2.75) is 39.0 Å². The predicted molar refractivity (Wildman–Crippen MR) is 71.4 cm³/mol. The van der Waals surface area contributed by atoms with Crippen LogP contribution in [0.15, 0.2) is 48.6 Å². The van der Waals surface area contributed by atoms with E-state index in [1.54, 1.807) is 0 Å². The quantitative estimate of drug-likeness (QED) is 0.243. The Hall–Kier alpha value is -1.37. The van der Waals surface area contributed by atoms with Gasteiger partial charge in [-0.2, -0.15) is 0 Å². The standard InChI is InChI=1S/C15H22O/c1-2-3-4-5-6-7-8-9-10-11-12-13-14-15-16/h3-4,7-12,15H,2,5-6,13-14H2,1H3/b4-3-,8-7+,10-9+,12-11+. The van der Waals surface area contributed by atoms with Gasteiger partial charge in [-0.1, -0.05) is 55.5 Å². The summed E-state index contributed by atoms with van der Waals surface area (Å²) in [6, 6.07) is 0. The minimum atomic E-state index is 0.615. The summed E-state index contributed by atoms with van der Waals surface area (Å²) in [5.41, 5.74) is 0. The Balaban J connectivity index is 3.44. The summed E-state index contributed by atoms with van der Waals surface area (Å²) in [5, 5.41) is 0. The third-order valence-electron chi connectivity index (χ3n) is 1.96. The van der Waals surface area contributed by atoms with Crippen LogP contribution in [0.4, 0.5) is 0 Å². The van der Waals surface area contributed by atoms with Crippen LogP contribution < -0.4 is 0 Å². The summed E-state index contributed by atoms with van der Waals surface area (Å²) < 4.78 is 0. The van der Waals surface area contributed by atoms with Crippen LogP contribution in [0.3, 0.4) is 0 Å². The molecule has 16 heavy (non-hydrogen) atoms. The maximum atomic E-state index is 10.0. The molecular formula is C15H22O. The van der Waals surface area contributed by atoms with E-state index >= 15 is 0 Å². The Morgan fingerprint density at radius 2 is 1.25 bits per heavy atom. The van der Waals surface area contributed by atoms with Crippen LogP contribution in [-0.2, 0) is 4.79 Å². The third-order valence-corrected chi connectivity index (χ3v) is 1.96. The second-order valence-corrected chi connectivity index (χ2v) is 3.44. The van der Waals surface area contributed by atoms with Crippen molar-refractivity contribution < 1.29 is 4.79 Å². The van der Waals surface area contributed by atoms with Crippen LogP contribution in [0.25, 0.3) is 0 Å². The highest BCUT2D eigenvalue weighted by Gasteiger charge is 1.75. The molecule has 0 aliphatic carbocycles. The average Bonchev–Trinajstić information content (AvgIpc) is 2.31. The normalized spacial score (nSPS) is 12.6. The van der Waals surface area contributed by atoms with Gasteiger partial charge >= 0.3 is 0 Å². The van der Waals surface area contributed by atoms with E-state index in [0.29, 0.717) is 6.42 Å². The average molecular weight is 218 g/mol. The zero-order valence-corrected chi connectivity index (χ0v) is 10.1. The van der Waals surface area contributed by atoms with E-state index in [-0.39, 0.29) is 0 Å². The van der Waals surface area contributed by atoms with Crippen molar-refractivity contribution in [1.29, 1.82) is 0 Å². The summed E-state index contributed by atoms with van der Waals surface area (Å²) in [6.45, 7) is 2.14. The number of aldehydes is 1. The van der Waals surface area contributed by atoms with Crippen molar-refractivity contribution in [1.82, 2.24) is 0 Å². The highest BCUT2D eigenvalue weighted by molar-refractivity contribution is 5.49. The molecular weight excluding hydrogens is 196 g/mol. The van der Waals surface area contributed by atoms with Gasteiger partial charge in [0.25, 0.3) is 0 Å². The summed E-state index contributed by atoms with van der Waals surface area (Å²) in [4.78, 5) is 10.0. The highest BCUT2D eigenvalue weighted by atomic mass is 16.1. The lowest BCUT2D eigenvalue weighted by Gasteiger charge is -1.84. The molecule has 0 radical (unpaired) electrons. The molecule has 0 aromatic heterocycles. The van der Waals surface area contributed by atoms with Gasteiger partial charge in [0.1, 0.15) is 6.29 Å². The first-order valence-corrected chi connectivity index (χ1v) is 5.98. The van der Waals surface area contributed by atoms with Crippen LogP contribution in [0.2, 0.25) is 0 Å². The maximum Gasteiger partial charge on any atom is 0.120 e. The van der Waals surface area contributed by atoms with Crippen LogP contribution in [0.5, 0.6) is 0 Å². The Labute approximate surface area is 99.3 Å². The van der Waals surface area contributed by atoms with Crippen LogP contribution in [-0.4, -0.2) is 6.29 Å². The van der Waals surface area contributed by atoms with Crippen molar-refractivity contribution in [3.63, 3.8) is 0 Å². The SMILES string of the molecule is CC/C=C\CC/C=C/C=C/C=C/CCC=O. The van der Waals surface area contributed by atoms with Gasteiger partial charge in [-0.15, -0.1) is 0 Å². The largest absolute Gasteiger partial charge is 0.303 e. The van der Waals surface area contributed by atoms with Gasteiger partial charge in [0.05, 0.1) is 0 Å². The van der Waals surface area contributed by atoms with Crippen LogP contribution in [0.1, 0.15) is 39.0 Å². The molecule has 88 valence electrons. The van der Waals surface area contributed by atoms with Gasteiger partial charge in [-0.3, -0.25) is 0 Å². The van der Waals surface area contributed by atoms with Crippen molar-refractivity contribution in [2.24, 2.45) is 0 Å². The molecule has 0 saturated heterocycles. The van der Waals surface area contributed by atoms with Gasteiger partial charge in [-0.05, 0) is 25.7 Å². The summed E-state index contributed by atoms with van der Waals surface area (Å²) in [5.74, 6) is 0. The third kappa shape index (κ3) is 12.6. The second-order valence-electron chi connectivity index (χ2n) is 3.44. The number of hydrogen-bond donors (Lipinski definition) is 0. The van der Waals surface area contributed by atoms with Gasteiger partial charge in [0.15, 0.2) is 0 Å². The summed E-state index contributed by atoms with van der Waals surface area (Å²) in [7, 11) is 0. The molecule has 0 N–H and O–H groups in total. The summed E-state index contributed by atoms with van der Waals surface area (Å²) >= 11 is 0. The molecule has 0 heterocycles. The zero-order valence-electron chi connectivity index (χ0n) is 10.1. The van der Waals surface area contributed by atoms with Crippen molar-refractivity contribution >= 4 is 6.29 Å². The van der Waals surface area contributed by atoms with E-state index in [9.17, 15) is 4.79 Å². The fraction of sp³-hybridized carbons (Fsp3) is 0.400. The lowest BCUT2D eigenvalue weighted by molar-refractivity contribution is -0.107. The van der Waals surface area contributed by atoms with Gasteiger partial charge in [0, 0.05) is 6.42 Å². The van der Waals surface area contributed by atoms with E-state index in [2.05, 4.69) is 31.2 Å². The van der Waals surface area contributed by atoms with E-state index in [0.717, 1.165) is 32.0 Å². The molecule has 0 aromatic rings. The molecule has 0 aromatic carbocycles. The molecule has 0 fully saturated rings. The Bertz CT molecular complexity index is 257. The molecule has 1 nitrogen and oxygen atoms in total. The lowest BCUT2D eigenvalue weighted by atomic mass is 10.2. The molecule has 0 spiro atoms. The number of rotatable bonds is 9. The Kier molecular flexibility index (Phi) is 12.5. The minimum Gasteiger partial charge on any atom is -0.303 e. The van der Waals surface area contributed by atoms with E-state index < -0.39 is 0 Å². The maximum absolute atomic E-state index is 10.0. The first-order valence-electron chi connectivity index (χ1n) is 5.98. The number of carbonyl (C=O) groups is 1. The van der Waals surface area contributed by atoms with Gasteiger partial charge in [0.2, 0.25) is 0 Å². The molecule has 0 bridgehead atoms.